The van der Waals surface area contributed by atoms with E-state index in [1.165, 1.54) is 17.0 Å². The molecule has 0 saturated carbocycles. The number of benzene rings is 3. The Morgan fingerprint density at radius 1 is 1.03 bits per heavy atom. The summed E-state index contributed by atoms with van der Waals surface area (Å²) >= 11 is 1.81. The molecule has 1 aliphatic heterocycles. The number of alkyl halides is 3. The van der Waals surface area contributed by atoms with Gasteiger partial charge in [0.25, 0.3) is 5.91 Å². The Hall–Kier alpha value is -2.17. The Morgan fingerprint density at radius 2 is 1.67 bits per heavy atom. The summed E-state index contributed by atoms with van der Waals surface area (Å²) in [6, 6.07) is 14.6. The van der Waals surface area contributed by atoms with Gasteiger partial charge in [-0.1, -0.05) is 50.2 Å². The fraction of sp³-hybridized carbons (Fsp3) is 0.320. The number of aliphatic hydroxyl groups is 1. The van der Waals surface area contributed by atoms with Crippen LogP contribution in [0.5, 0.6) is 0 Å². The van der Waals surface area contributed by atoms with E-state index in [1.54, 1.807) is 24.3 Å². The van der Waals surface area contributed by atoms with E-state index in [4.69, 9.17) is 5.73 Å². The van der Waals surface area contributed by atoms with Gasteiger partial charge in [-0.2, -0.15) is 13.2 Å². The van der Waals surface area contributed by atoms with Gasteiger partial charge >= 0.3 is 6.18 Å². The van der Waals surface area contributed by atoms with Crippen LogP contribution in [-0.4, -0.2) is 23.1 Å². The van der Waals surface area contributed by atoms with Crippen LogP contribution in [0, 0.1) is 3.57 Å². The Morgan fingerprint density at radius 3 is 2.24 bits per heavy atom. The highest BCUT2D eigenvalue weighted by atomic mass is 127. The second kappa shape index (κ2) is 8.25. The van der Waals surface area contributed by atoms with Crippen molar-refractivity contribution in [2.75, 3.05) is 11.4 Å². The maximum absolute atomic E-state index is 14.3. The van der Waals surface area contributed by atoms with Crippen LogP contribution in [0.2, 0.25) is 0 Å². The lowest BCUT2D eigenvalue weighted by atomic mass is 9.83. The number of nitrogens with two attached hydrogens (primary N) is 1. The quantitative estimate of drug-likeness (QED) is 0.396. The van der Waals surface area contributed by atoms with Crippen molar-refractivity contribution >= 4 is 45.0 Å². The van der Waals surface area contributed by atoms with E-state index in [2.05, 4.69) is 0 Å². The van der Waals surface area contributed by atoms with E-state index in [0.717, 1.165) is 11.5 Å². The Kier molecular flexibility index (Phi) is 5.99. The molecule has 4 rings (SSSR count). The minimum Gasteiger partial charge on any atom is -0.372 e. The number of anilines is 1. The van der Waals surface area contributed by atoms with Gasteiger partial charge in [-0.15, -0.1) is 0 Å². The van der Waals surface area contributed by atoms with Gasteiger partial charge < -0.3 is 15.7 Å². The van der Waals surface area contributed by atoms with Gasteiger partial charge in [-0.25, -0.2) is 0 Å². The van der Waals surface area contributed by atoms with Crippen LogP contribution >= 0.6 is 22.6 Å². The van der Waals surface area contributed by atoms with Crippen LogP contribution in [0.1, 0.15) is 43.4 Å². The SMILES string of the molecule is CCC(CC)(CN)N1C(=O)C(O)(c2ccc3ccccc3c2)c2c1cc(I)cc2C(F)(F)F. The van der Waals surface area contributed by atoms with E-state index in [9.17, 15) is 23.1 Å². The molecule has 0 fully saturated rings. The number of carbonyl (C=O) groups is 1. The first-order valence-corrected chi connectivity index (χ1v) is 11.8. The van der Waals surface area contributed by atoms with Crippen molar-refractivity contribution in [3.63, 3.8) is 0 Å². The van der Waals surface area contributed by atoms with Crippen molar-refractivity contribution in [2.45, 2.75) is 44.0 Å². The number of hydrogen-bond acceptors (Lipinski definition) is 3. The zero-order valence-electron chi connectivity index (χ0n) is 18.2. The van der Waals surface area contributed by atoms with Gasteiger partial charge in [0.1, 0.15) is 0 Å². The van der Waals surface area contributed by atoms with E-state index in [1.807, 2.05) is 48.6 Å². The molecule has 1 heterocycles. The third-order valence-corrected chi connectivity index (χ3v) is 7.46. The standard InChI is InChI=1S/C25H24F3IN2O2/c1-3-23(4-2,14-30)31-20-13-18(29)12-19(25(26,27)28)21(20)24(33,22(31)32)17-10-9-15-7-5-6-8-16(15)11-17/h5-13,33H,3-4,14,30H2,1-2H3. The second-order valence-electron chi connectivity index (χ2n) is 8.39. The molecule has 3 aromatic rings. The highest BCUT2D eigenvalue weighted by Crippen LogP contribution is 2.53. The number of nitrogens with zero attached hydrogens (tertiary/aromatic N) is 1. The summed E-state index contributed by atoms with van der Waals surface area (Å²) < 4.78 is 43.1. The second-order valence-corrected chi connectivity index (χ2v) is 9.64. The van der Waals surface area contributed by atoms with Crippen LogP contribution in [0.4, 0.5) is 18.9 Å². The maximum Gasteiger partial charge on any atom is 0.416 e. The van der Waals surface area contributed by atoms with Crippen molar-refractivity contribution in [1.82, 2.24) is 0 Å². The summed E-state index contributed by atoms with van der Waals surface area (Å²) in [4.78, 5) is 15.3. The molecule has 0 aliphatic carbocycles. The van der Waals surface area contributed by atoms with Crippen LogP contribution < -0.4 is 10.6 Å². The number of carbonyl (C=O) groups excluding carboxylic acids is 1. The highest BCUT2D eigenvalue weighted by molar-refractivity contribution is 14.1. The molecule has 3 N–H and O–H groups in total. The van der Waals surface area contributed by atoms with Crippen molar-refractivity contribution in [2.24, 2.45) is 5.73 Å². The lowest BCUT2D eigenvalue weighted by Crippen LogP contribution is -2.57. The van der Waals surface area contributed by atoms with E-state index in [0.29, 0.717) is 21.8 Å². The normalized spacial score (nSPS) is 18.8. The first-order valence-electron chi connectivity index (χ1n) is 10.7. The fourth-order valence-corrected chi connectivity index (χ4v) is 5.46. The minimum absolute atomic E-state index is 0.0474. The summed E-state index contributed by atoms with van der Waals surface area (Å²) in [5.74, 6) is -0.811. The molecule has 1 atom stereocenters. The van der Waals surface area contributed by atoms with E-state index >= 15 is 0 Å². The average molecular weight is 568 g/mol. The predicted molar refractivity (Wildman–Crippen MR) is 131 cm³/mol. The molecule has 0 spiro atoms. The van der Waals surface area contributed by atoms with Crippen molar-refractivity contribution in [3.8, 4) is 0 Å². The molecule has 4 nitrogen and oxygen atoms in total. The van der Waals surface area contributed by atoms with E-state index in [-0.39, 0.29) is 17.8 Å². The van der Waals surface area contributed by atoms with Gasteiger partial charge in [0.2, 0.25) is 0 Å². The average Bonchev–Trinajstić information content (AvgIpc) is 3.02. The summed E-state index contributed by atoms with van der Waals surface area (Å²) in [6.07, 6.45) is -3.92. The molecule has 174 valence electrons. The Labute approximate surface area is 203 Å². The number of amides is 1. The van der Waals surface area contributed by atoms with Crippen LogP contribution in [0.25, 0.3) is 10.8 Å². The minimum atomic E-state index is -4.77. The van der Waals surface area contributed by atoms with Crippen LogP contribution in [-0.2, 0) is 16.6 Å². The molecular weight excluding hydrogens is 544 g/mol. The largest absolute Gasteiger partial charge is 0.416 e. The number of halogens is 4. The fourth-order valence-electron chi connectivity index (χ4n) is 4.85. The molecule has 0 saturated heterocycles. The molecule has 0 bridgehead atoms. The monoisotopic (exact) mass is 568 g/mol. The Balaban J connectivity index is 2.10. The zero-order chi connectivity index (χ0) is 24.2. The van der Waals surface area contributed by atoms with E-state index < -0.39 is 34.4 Å². The molecule has 1 amide bonds. The number of rotatable bonds is 5. The van der Waals surface area contributed by atoms with Crippen molar-refractivity contribution in [1.29, 1.82) is 0 Å². The summed E-state index contributed by atoms with van der Waals surface area (Å²) in [6.45, 7) is 3.73. The van der Waals surface area contributed by atoms with Gasteiger partial charge in [0, 0.05) is 15.7 Å². The summed E-state index contributed by atoms with van der Waals surface area (Å²) in [7, 11) is 0. The van der Waals surface area contributed by atoms with Gasteiger partial charge in [-0.05, 0) is 70.0 Å². The molecule has 3 aromatic carbocycles. The van der Waals surface area contributed by atoms with Crippen LogP contribution in [0.3, 0.4) is 0 Å². The third kappa shape index (κ3) is 3.54. The molecule has 1 unspecified atom stereocenters. The molecule has 0 radical (unpaired) electrons. The number of hydrogen-bond donors (Lipinski definition) is 2. The first-order chi connectivity index (χ1) is 15.5. The smallest absolute Gasteiger partial charge is 0.372 e. The molecule has 33 heavy (non-hydrogen) atoms. The van der Waals surface area contributed by atoms with Crippen LogP contribution in [0.15, 0.2) is 54.6 Å². The highest BCUT2D eigenvalue weighted by Gasteiger charge is 2.59. The van der Waals surface area contributed by atoms with Gasteiger partial charge in [0.15, 0.2) is 5.60 Å². The number of fused-ring (bicyclic) bond motifs is 2. The molecule has 0 aromatic heterocycles. The first kappa shape index (κ1) is 24.0. The van der Waals surface area contributed by atoms with Gasteiger partial charge in [0.05, 0.1) is 16.8 Å². The zero-order valence-corrected chi connectivity index (χ0v) is 20.4. The van der Waals surface area contributed by atoms with Crippen molar-refractivity contribution in [3.05, 3.63) is 74.9 Å². The molecule has 8 heteroatoms. The summed E-state index contributed by atoms with van der Waals surface area (Å²) in [5, 5.41) is 13.5. The Bertz CT molecular complexity index is 1230. The maximum atomic E-state index is 14.3. The molecular formula is C25H24F3IN2O2. The van der Waals surface area contributed by atoms with Crippen molar-refractivity contribution < 1.29 is 23.1 Å². The topological polar surface area (TPSA) is 66.6 Å². The lowest BCUT2D eigenvalue weighted by Gasteiger charge is -2.41. The molecule has 1 aliphatic rings. The third-order valence-electron chi connectivity index (χ3n) is 6.84. The lowest BCUT2D eigenvalue weighted by molar-refractivity contribution is -0.142. The van der Waals surface area contributed by atoms with Gasteiger partial charge in [-0.3, -0.25) is 4.79 Å². The summed E-state index contributed by atoms with van der Waals surface area (Å²) in [5.41, 5.74) is 1.36. The predicted octanol–water partition coefficient (Wildman–Crippen LogP) is 5.56.